The van der Waals surface area contributed by atoms with Gasteiger partial charge < -0.3 is 14.8 Å². The van der Waals surface area contributed by atoms with Gasteiger partial charge in [0.25, 0.3) is 5.91 Å². The Morgan fingerprint density at radius 2 is 1.77 bits per heavy atom. The first-order valence-corrected chi connectivity index (χ1v) is 9.14. The van der Waals surface area contributed by atoms with Crippen molar-refractivity contribution in [3.63, 3.8) is 0 Å². The Bertz CT molecular complexity index is 1080. The molecular weight excluding hydrogens is 388 g/mol. The van der Waals surface area contributed by atoms with Crippen molar-refractivity contribution in [1.82, 2.24) is 9.78 Å². The minimum atomic E-state index is -0.442. The number of anilines is 1. The highest BCUT2D eigenvalue weighted by Crippen LogP contribution is 2.27. The second-order valence-electron chi connectivity index (χ2n) is 6.65. The maximum Gasteiger partial charge on any atom is 0.312 e. The number of hydrogen-bond acceptors (Lipinski definition) is 6. The maximum atomic E-state index is 13.0. The summed E-state index contributed by atoms with van der Waals surface area (Å²) in [5.74, 6) is 0.776. The monoisotopic (exact) mass is 410 g/mol. The first-order chi connectivity index (χ1) is 14.3. The van der Waals surface area contributed by atoms with E-state index in [-0.39, 0.29) is 18.1 Å². The number of rotatable bonds is 7. The summed E-state index contributed by atoms with van der Waals surface area (Å²) in [4.78, 5) is 23.8. The highest BCUT2D eigenvalue weighted by molar-refractivity contribution is 6.05. The molecular formula is C21H22N4O5. The first-order valence-electron chi connectivity index (χ1n) is 9.14. The van der Waals surface area contributed by atoms with E-state index in [4.69, 9.17) is 9.47 Å². The second kappa shape index (κ2) is 8.64. The summed E-state index contributed by atoms with van der Waals surface area (Å²) in [5.41, 5.74) is 2.40. The van der Waals surface area contributed by atoms with Crippen molar-refractivity contribution >= 4 is 17.3 Å². The van der Waals surface area contributed by atoms with Crippen LogP contribution in [0.1, 0.15) is 27.3 Å². The molecule has 9 heteroatoms. The fourth-order valence-corrected chi connectivity index (χ4v) is 3.22. The van der Waals surface area contributed by atoms with Gasteiger partial charge in [0.2, 0.25) is 0 Å². The van der Waals surface area contributed by atoms with E-state index in [0.29, 0.717) is 39.7 Å². The molecule has 0 unspecified atom stereocenters. The predicted octanol–water partition coefficient (Wildman–Crippen LogP) is 3.73. The van der Waals surface area contributed by atoms with E-state index in [1.165, 1.54) is 18.9 Å². The molecule has 0 aliphatic heterocycles. The molecule has 0 aliphatic rings. The summed E-state index contributed by atoms with van der Waals surface area (Å²) >= 11 is 0. The number of hydrogen-bond donors (Lipinski definition) is 1. The third-order valence-electron chi connectivity index (χ3n) is 4.72. The molecule has 0 atom stereocenters. The van der Waals surface area contributed by atoms with Crippen molar-refractivity contribution < 1.29 is 19.2 Å². The van der Waals surface area contributed by atoms with Gasteiger partial charge in [-0.3, -0.25) is 19.6 Å². The molecule has 1 N–H and O–H groups in total. The lowest BCUT2D eigenvalue weighted by Gasteiger charge is -2.13. The fourth-order valence-electron chi connectivity index (χ4n) is 3.22. The highest BCUT2D eigenvalue weighted by atomic mass is 16.6. The Balaban J connectivity index is 1.90. The number of nitrogens with one attached hydrogen (secondary N) is 1. The minimum absolute atomic E-state index is 0.0135. The normalized spacial score (nSPS) is 10.5. The average molecular weight is 410 g/mol. The van der Waals surface area contributed by atoms with Gasteiger partial charge in [0.1, 0.15) is 22.9 Å². The van der Waals surface area contributed by atoms with Gasteiger partial charge in [-0.25, -0.2) is 0 Å². The summed E-state index contributed by atoms with van der Waals surface area (Å²) in [5, 5.41) is 18.4. The lowest BCUT2D eigenvalue weighted by atomic mass is 10.1. The van der Waals surface area contributed by atoms with Gasteiger partial charge in [-0.15, -0.1) is 0 Å². The van der Waals surface area contributed by atoms with Crippen molar-refractivity contribution in [3.05, 3.63) is 75.1 Å². The fraction of sp³-hybridized carbons (Fsp3) is 0.238. The molecule has 0 bridgehead atoms. The van der Waals surface area contributed by atoms with Gasteiger partial charge in [0, 0.05) is 29.4 Å². The van der Waals surface area contributed by atoms with Gasteiger partial charge in [-0.05, 0) is 25.5 Å². The number of nitro groups is 1. The number of methoxy groups -OCH3 is 2. The number of benzene rings is 2. The zero-order chi connectivity index (χ0) is 21.8. The average Bonchev–Trinajstić information content (AvgIpc) is 3.00. The molecule has 156 valence electrons. The number of amides is 1. The van der Waals surface area contributed by atoms with E-state index >= 15 is 0 Å². The summed E-state index contributed by atoms with van der Waals surface area (Å²) in [6, 6.07) is 12.1. The third kappa shape index (κ3) is 4.24. The molecule has 0 spiro atoms. The second-order valence-corrected chi connectivity index (χ2v) is 6.65. The lowest BCUT2D eigenvalue weighted by molar-refractivity contribution is -0.386. The molecule has 3 rings (SSSR count). The molecule has 3 aromatic rings. The molecule has 2 aromatic carbocycles. The number of nitrogens with zero attached hydrogens (tertiary/aromatic N) is 3. The SMILES string of the molecule is COc1cc(NC(=O)c2ccccc2Cn2nc(C)c([N+](=O)[O-])c2C)cc(OC)c1. The molecule has 0 aliphatic carbocycles. The van der Waals surface area contributed by atoms with Crippen LogP contribution < -0.4 is 14.8 Å². The Morgan fingerprint density at radius 3 is 2.33 bits per heavy atom. The van der Waals surface area contributed by atoms with Crippen LogP contribution in [0.15, 0.2) is 42.5 Å². The van der Waals surface area contributed by atoms with Crippen molar-refractivity contribution in [1.29, 1.82) is 0 Å². The molecule has 9 nitrogen and oxygen atoms in total. The van der Waals surface area contributed by atoms with E-state index in [0.717, 1.165) is 0 Å². The van der Waals surface area contributed by atoms with E-state index in [9.17, 15) is 14.9 Å². The van der Waals surface area contributed by atoms with Gasteiger partial charge in [-0.2, -0.15) is 5.10 Å². The zero-order valence-corrected chi connectivity index (χ0v) is 17.1. The van der Waals surface area contributed by atoms with Crippen LogP contribution in [0, 0.1) is 24.0 Å². The Kier molecular flexibility index (Phi) is 6.01. The molecule has 1 heterocycles. The van der Waals surface area contributed by atoms with Crippen molar-refractivity contribution in [2.24, 2.45) is 0 Å². The van der Waals surface area contributed by atoms with Crippen LogP contribution >= 0.6 is 0 Å². The Labute approximate surface area is 173 Å². The molecule has 30 heavy (non-hydrogen) atoms. The number of aromatic nitrogens is 2. The van der Waals surface area contributed by atoms with Crippen molar-refractivity contribution in [3.8, 4) is 11.5 Å². The number of aryl methyl sites for hydroxylation is 1. The van der Waals surface area contributed by atoms with E-state index < -0.39 is 4.92 Å². The van der Waals surface area contributed by atoms with Crippen LogP contribution in [0.25, 0.3) is 0 Å². The topological polar surface area (TPSA) is 109 Å². The standard InChI is InChI=1S/C21H22N4O5/c1-13-20(25(27)28)14(2)24(23-13)12-15-7-5-6-8-19(15)21(26)22-16-9-17(29-3)11-18(10-16)30-4/h5-11H,12H2,1-4H3,(H,22,26). The van der Waals surface area contributed by atoms with Crippen LogP contribution in [0.3, 0.4) is 0 Å². The Morgan fingerprint density at radius 1 is 1.13 bits per heavy atom. The summed E-state index contributed by atoms with van der Waals surface area (Å²) in [6.45, 7) is 3.46. The van der Waals surface area contributed by atoms with E-state index in [2.05, 4.69) is 10.4 Å². The number of carbonyl (C=O) groups excluding carboxylic acids is 1. The minimum Gasteiger partial charge on any atom is -0.497 e. The number of ether oxygens (including phenoxy) is 2. The molecule has 1 aromatic heterocycles. The van der Waals surface area contributed by atoms with Gasteiger partial charge in [-0.1, -0.05) is 18.2 Å². The first kappa shape index (κ1) is 20.8. The van der Waals surface area contributed by atoms with Gasteiger partial charge >= 0.3 is 5.69 Å². The third-order valence-corrected chi connectivity index (χ3v) is 4.72. The predicted molar refractivity (Wildman–Crippen MR) is 111 cm³/mol. The summed E-state index contributed by atoms with van der Waals surface area (Å²) in [7, 11) is 3.06. The maximum absolute atomic E-state index is 13.0. The van der Waals surface area contributed by atoms with E-state index in [1.807, 2.05) is 0 Å². The van der Waals surface area contributed by atoms with Crippen LogP contribution in [-0.4, -0.2) is 34.8 Å². The molecule has 0 radical (unpaired) electrons. The van der Waals surface area contributed by atoms with Gasteiger partial charge in [0.15, 0.2) is 0 Å². The van der Waals surface area contributed by atoms with Crippen LogP contribution in [0.4, 0.5) is 11.4 Å². The van der Waals surface area contributed by atoms with Crippen molar-refractivity contribution in [2.45, 2.75) is 20.4 Å². The van der Waals surface area contributed by atoms with Crippen LogP contribution in [0.5, 0.6) is 11.5 Å². The largest absolute Gasteiger partial charge is 0.497 e. The van der Waals surface area contributed by atoms with Gasteiger partial charge in [0.05, 0.1) is 25.7 Å². The molecule has 1 amide bonds. The van der Waals surface area contributed by atoms with Crippen LogP contribution in [0.2, 0.25) is 0 Å². The molecule has 0 fully saturated rings. The van der Waals surface area contributed by atoms with Crippen molar-refractivity contribution in [2.75, 3.05) is 19.5 Å². The molecule has 0 saturated heterocycles. The summed E-state index contributed by atoms with van der Waals surface area (Å²) < 4.78 is 12.0. The smallest absolute Gasteiger partial charge is 0.312 e. The number of carbonyl (C=O) groups is 1. The Hall–Kier alpha value is -3.88. The molecule has 0 saturated carbocycles. The lowest BCUT2D eigenvalue weighted by Crippen LogP contribution is -2.16. The van der Waals surface area contributed by atoms with Crippen LogP contribution in [-0.2, 0) is 6.54 Å². The summed E-state index contributed by atoms with van der Waals surface area (Å²) in [6.07, 6.45) is 0. The quantitative estimate of drug-likeness (QED) is 0.470. The highest BCUT2D eigenvalue weighted by Gasteiger charge is 2.22. The zero-order valence-electron chi connectivity index (χ0n) is 17.1. The van der Waals surface area contributed by atoms with E-state index in [1.54, 1.807) is 56.3 Å².